The van der Waals surface area contributed by atoms with Crippen LogP contribution in [0.25, 0.3) is 0 Å². The van der Waals surface area contributed by atoms with Gasteiger partial charge in [0.2, 0.25) is 15.9 Å². The molecule has 2 aromatic carbocycles. The van der Waals surface area contributed by atoms with E-state index in [2.05, 4.69) is 35.0 Å². The lowest BCUT2D eigenvalue weighted by Gasteiger charge is -2.36. The lowest BCUT2D eigenvalue weighted by molar-refractivity contribution is -0.116. The van der Waals surface area contributed by atoms with Gasteiger partial charge in [-0.3, -0.25) is 4.79 Å². The van der Waals surface area contributed by atoms with Gasteiger partial charge in [0, 0.05) is 57.1 Å². The summed E-state index contributed by atoms with van der Waals surface area (Å²) in [4.78, 5) is 17.7. The molecule has 0 radical (unpaired) electrons. The normalized spacial score (nSPS) is 17.8. The van der Waals surface area contributed by atoms with E-state index >= 15 is 0 Å². The van der Waals surface area contributed by atoms with Crippen LogP contribution in [0.1, 0.15) is 37.3 Å². The second-order valence-corrected chi connectivity index (χ2v) is 11.2. The fourth-order valence-electron chi connectivity index (χ4n) is 4.78. The number of benzene rings is 2. The summed E-state index contributed by atoms with van der Waals surface area (Å²) in [5.74, 6) is -0.0440. The topological polar surface area (TPSA) is 73.0 Å². The van der Waals surface area contributed by atoms with Crippen molar-refractivity contribution in [2.24, 2.45) is 0 Å². The van der Waals surface area contributed by atoms with Gasteiger partial charge in [0.1, 0.15) is 0 Å². The number of amides is 1. The predicted molar refractivity (Wildman–Crippen MR) is 137 cm³/mol. The maximum absolute atomic E-state index is 12.7. The summed E-state index contributed by atoms with van der Waals surface area (Å²) >= 11 is 0. The van der Waals surface area contributed by atoms with Gasteiger partial charge in [0.15, 0.2) is 0 Å². The number of carbonyl (C=O) groups is 1. The molecule has 0 atom stereocenters. The van der Waals surface area contributed by atoms with E-state index < -0.39 is 10.0 Å². The fourth-order valence-corrected chi connectivity index (χ4v) is 6.30. The molecule has 2 aliphatic heterocycles. The lowest BCUT2D eigenvalue weighted by atomic mass is 10.1. The number of sulfonamides is 1. The Hall–Kier alpha value is -2.42. The number of hydrogen-bond acceptors (Lipinski definition) is 5. The zero-order valence-electron chi connectivity index (χ0n) is 20.3. The van der Waals surface area contributed by atoms with Crippen molar-refractivity contribution in [2.45, 2.75) is 44.4 Å². The van der Waals surface area contributed by atoms with Crippen LogP contribution in [0.15, 0.2) is 47.4 Å². The molecular weight excluding hydrogens is 448 g/mol. The fraction of sp³-hybridized carbons (Fsp3) is 0.500. The number of hydrogen-bond donors (Lipinski definition) is 1. The minimum Gasteiger partial charge on any atom is -0.369 e. The Labute approximate surface area is 203 Å². The molecular formula is C26H36N4O3S. The first-order chi connectivity index (χ1) is 16.4. The van der Waals surface area contributed by atoms with Crippen molar-refractivity contribution in [3.8, 4) is 0 Å². The number of anilines is 2. The van der Waals surface area contributed by atoms with Crippen LogP contribution in [0.3, 0.4) is 0 Å². The third kappa shape index (κ3) is 5.79. The van der Waals surface area contributed by atoms with Gasteiger partial charge in [0.25, 0.3) is 0 Å². The minimum absolute atomic E-state index is 0.0440. The van der Waals surface area contributed by atoms with Gasteiger partial charge in [-0.1, -0.05) is 19.1 Å². The minimum atomic E-state index is -3.40. The standard InChI is InChI=1S/C26H36N4O3S/c1-3-28-16-18-29(19-17-28)25-12-9-23(20-21(25)2)27-26(31)13-8-22-6-10-24(11-7-22)34(32,33)30-14-4-5-15-30/h6-7,9-12,20H,3-5,8,13-19H2,1-2H3,(H,27,31). The van der Waals surface area contributed by atoms with Crippen molar-refractivity contribution < 1.29 is 13.2 Å². The molecule has 2 saturated heterocycles. The Morgan fingerprint density at radius 1 is 0.941 bits per heavy atom. The third-order valence-corrected chi connectivity index (χ3v) is 8.82. The van der Waals surface area contributed by atoms with E-state index in [0.717, 1.165) is 62.4 Å². The van der Waals surface area contributed by atoms with Crippen molar-refractivity contribution in [1.29, 1.82) is 0 Å². The SMILES string of the molecule is CCN1CCN(c2ccc(NC(=O)CCc3ccc(S(=O)(=O)N4CCCC4)cc3)cc2C)CC1. The molecule has 0 bridgehead atoms. The number of nitrogens with one attached hydrogen (secondary N) is 1. The highest BCUT2D eigenvalue weighted by Gasteiger charge is 2.26. The quantitative estimate of drug-likeness (QED) is 0.621. The summed E-state index contributed by atoms with van der Waals surface area (Å²) in [7, 11) is -3.40. The molecule has 0 aliphatic carbocycles. The van der Waals surface area contributed by atoms with Crippen LogP contribution in [-0.2, 0) is 21.2 Å². The first-order valence-corrected chi connectivity index (χ1v) is 13.8. The van der Waals surface area contributed by atoms with Crippen LogP contribution in [0.2, 0.25) is 0 Å². The number of piperazine rings is 1. The molecule has 0 aromatic heterocycles. The Balaban J connectivity index is 1.29. The van der Waals surface area contributed by atoms with Gasteiger partial charge in [-0.2, -0.15) is 4.31 Å². The molecule has 4 rings (SSSR count). The van der Waals surface area contributed by atoms with E-state index in [4.69, 9.17) is 0 Å². The molecule has 2 aliphatic rings. The van der Waals surface area contributed by atoms with Gasteiger partial charge in [-0.25, -0.2) is 8.42 Å². The van der Waals surface area contributed by atoms with E-state index in [1.165, 1.54) is 5.69 Å². The zero-order chi connectivity index (χ0) is 24.1. The highest BCUT2D eigenvalue weighted by Crippen LogP contribution is 2.25. The first-order valence-electron chi connectivity index (χ1n) is 12.3. The number of aryl methyl sites for hydroxylation is 2. The van der Waals surface area contributed by atoms with Crippen LogP contribution < -0.4 is 10.2 Å². The van der Waals surface area contributed by atoms with Gasteiger partial charge >= 0.3 is 0 Å². The molecule has 0 saturated carbocycles. The monoisotopic (exact) mass is 484 g/mol. The maximum Gasteiger partial charge on any atom is 0.243 e. The van der Waals surface area contributed by atoms with E-state index in [0.29, 0.717) is 30.8 Å². The van der Waals surface area contributed by atoms with Crippen LogP contribution in [-0.4, -0.2) is 69.3 Å². The highest BCUT2D eigenvalue weighted by atomic mass is 32.2. The Morgan fingerprint density at radius 2 is 1.62 bits per heavy atom. The molecule has 2 aromatic rings. The first kappa shape index (κ1) is 24.7. The van der Waals surface area contributed by atoms with Crippen LogP contribution in [0, 0.1) is 6.92 Å². The van der Waals surface area contributed by atoms with Crippen molar-refractivity contribution in [2.75, 3.05) is 56.0 Å². The summed E-state index contributed by atoms with van der Waals surface area (Å²) in [6.45, 7) is 10.8. The van der Waals surface area contributed by atoms with Crippen LogP contribution in [0.4, 0.5) is 11.4 Å². The van der Waals surface area contributed by atoms with Crippen molar-refractivity contribution >= 4 is 27.3 Å². The molecule has 0 unspecified atom stereocenters. The van der Waals surface area contributed by atoms with Crippen LogP contribution in [0.5, 0.6) is 0 Å². The zero-order valence-corrected chi connectivity index (χ0v) is 21.1. The van der Waals surface area contributed by atoms with E-state index in [-0.39, 0.29) is 5.91 Å². The molecule has 34 heavy (non-hydrogen) atoms. The summed E-state index contributed by atoms with van der Waals surface area (Å²) < 4.78 is 26.9. The molecule has 1 N–H and O–H groups in total. The molecule has 8 heteroatoms. The average molecular weight is 485 g/mol. The van der Waals surface area contributed by atoms with Gasteiger partial charge in [-0.05, 0) is 74.2 Å². The lowest BCUT2D eigenvalue weighted by Crippen LogP contribution is -2.46. The molecule has 1 amide bonds. The predicted octanol–water partition coefficient (Wildman–Crippen LogP) is 3.49. The second-order valence-electron chi connectivity index (χ2n) is 9.23. The Bertz CT molecular complexity index is 1090. The summed E-state index contributed by atoms with van der Waals surface area (Å²) in [5, 5.41) is 3.00. The van der Waals surface area contributed by atoms with Crippen LogP contribution >= 0.6 is 0 Å². The number of likely N-dealkylation sites (N-methyl/N-ethyl adjacent to an activating group) is 1. The van der Waals surface area contributed by atoms with E-state index in [1.807, 2.05) is 24.3 Å². The van der Waals surface area contributed by atoms with Gasteiger partial charge < -0.3 is 15.1 Å². The van der Waals surface area contributed by atoms with Gasteiger partial charge in [-0.15, -0.1) is 0 Å². The summed E-state index contributed by atoms with van der Waals surface area (Å²) in [5.41, 5.74) is 4.16. The van der Waals surface area contributed by atoms with E-state index in [9.17, 15) is 13.2 Å². The largest absolute Gasteiger partial charge is 0.369 e. The van der Waals surface area contributed by atoms with Crippen molar-refractivity contribution in [1.82, 2.24) is 9.21 Å². The third-order valence-electron chi connectivity index (χ3n) is 6.91. The van der Waals surface area contributed by atoms with Gasteiger partial charge in [0.05, 0.1) is 4.90 Å². The Kier molecular flexibility index (Phi) is 7.91. The smallest absolute Gasteiger partial charge is 0.243 e. The van der Waals surface area contributed by atoms with Crippen molar-refractivity contribution in [3.05, 3.63) is 53.6 Å². The molecule has 0 spiro atoms. The molecule has 2 heterocycles. The molecule has 7 nitrogen and oxygen atoms in total. The maximum atomic E-state index is 12.7. The van der Waals surface area contributed by atoms with Crippen molar-refractivity contribution in [3.63, 3.8) is 0 Å². The number of rotatable bonds is 8. The summed E-state index contributed by atoms with van der Waals surface area (Å²) in [6, 6.07) is 13.1. The molecule has 184 valence electrons. The summed E-state index contributed by atoms with van der Waals surface area (Å²) in [6.07, 6.45) is 2.75. The number of nitrogens with zero attached hydrogens (tertiary/aromatic N) is 3. The van der Waals surface area contributed by atoms with E-state index in [1.54, 1.807) is 16.4 Å². The average Bonchev–Trinajstić information content (AvgIpc) is 3.39. The number of carbonyl (C=O) groups excluding carboxylic acids is 1. The molecule has 2 fully saturated rings. The highest BCUT2D eigenvalue weighted by molar-refractivity contribution is 7.89. The second kappa shape index (κ2) is 10.9. The Morgan fingerprint density at radius 3 is 2.24 bits per heavy atom.